The molecule has 2 heterocycles. The standard InChI is InChI=1S/C23H24F3N5O3S/c1-22(2,35(33,34)20-8-4-6-18(14-20)23(24,25)26)17-9-11-30(12-10-17)21(32)16-5-3-7-19(13-16)31-15-27-28-29-31/h3-8,13-15,17H,9-12H2,1-2H3. The van der Waals surface area contributed by atoms with Crippen LogP contribution in [0.4, 0.5) is 13.2 Å². The topological polar surface area (TPSA) is 98.1 Å². The summed E-state index contributed by atoms with van der Waals surface area (Å²) in [5.74, 6) is -0.532. The minimum absolute atomic E-state index is 0.197. The number of alkyl halides is 3. The smallest absolute Gasteiger partial charge is 0.339 e. The van der Waals surface area contributed by atoms with Gasteiger partial charge in [0.25, 0.3) is 5.91 Å². The highest BCUT2D eigenvalue weighted by Gasteiger charge is 2.45. The molecule has 3 aromatic rings. The molecule has 1 saturated heterocycles. The molecule has 0 atom stereocenters. The largest absolute Gasteiger partial charge is 0.416 e. The molecule has 0 spiro atoms. The molecule has 186 valence electrons. The van der Waals surface area contributed by atoms with Crippen molar-refractivity contribution in [2.75, 3.05) is 13.1 Å². The van der Waals surface area contributed by atoms with Crippen molar-refractivity contribution in [3.8, 4) is 5.69 Å². The van der Waals surface area contributed by atoms with Crippen molar-refractivity contribution in [1.82, 2.24) is 25.1 Å². The number of tetrazole rings is 1. The lowest BCUT2D eigenvalue weighted by Gasteiger charge is -2.40. The van der Waals surface area contributed by atoms with Crippen molar-refractivity contribution in [2.24, 2.45) is 5.92 Å². The Morgan fingerprint density at radius 3 is 2.34 bits per heavy atom. The maximum atomic E-state index is 13.4. The van der Waals surface area contributed by atoms with E-state index in [1.165, 1.54) is 17.1 Å². The number of likely N-dealkylation sites (tertiary alicyclic amines) is 1. The van der Waals surface area contributed by atoms with Crippen LogP contribution in [0.25, 0.3) is 5.69 Å². The van der Waals surface area contributed by atoms with Crippen LogP contribution in [0.3, 0.4) is 0 Å². The van der Waals surface area contributed by atoms with Gasteiger partial charge < -0.3 is 4.90 Å². The Labute approximate surface area is 200 Å². The number of sulfone groups is 1. The predicted molar refractivity (Wildman–Crippen MR) is 120 cm³/mol. The molecule has 8 nitrogen and oxygen atoms in total. The van der Waals surface area contributed by atoms with Crippen molar-refractivity contribution >= 4 is 15.7 Å². The maximum Gasteiger partial charge on any atom is 0.416 e. The molecule has 12 heteroatoms. The molecule has 1 aromatic heterocycles. The molecular weight excluding hydrogens is 483 g/mol. The molecule has 35 heavy (non-hydrogen) atoms. The summed E-state index contributed by atoms with van der Waals surface area (Å²) in [6.07, 6.45) is -2.40. The van der Waals surface area contributed by atoms with Gasteiger partial charge in [0.15, 0.2) is 9.84 Å². The maximum absolute atomic E-state index is 13.4. The highest BCUT2D eigenvalue weighted by molar-refractivity contribution is 7.92. The van der Waals surface area contributed by atoms with Crippen molar-refractivity contribution in [1.29, 1.82) is 0 Å². The fourth-order valence-electron chi connectivity index (χ4n) is 4.38. The molecule has 0 bridgehead atoms. The van der Waals surface area contributed by atoms with Gasteiger partial charge in [-0.1, -0.05) is 12.1 Å². The minimum atomic E-state index is -4.64. The van der Waals surface area contributed by atoms with Crippen molar-refractivity contribution in [2.45, 2.75) is 42.5 Å². The number of piperidine rings is 1. The average molecular weight is 508 g/mol. The number of nitrogens with zero attached hydrogens (tertiary/aromatic N) is 5. The van der Waals surface area contributed by atoms with Gasteiger partial charge in [-0.3, -0.25) is 4.79 Å². The molecule has 1 aliphatic heterocycles. The van der Waals surface area contributed by atoms with Gasteiger partial charge in [-0.15, -0.1) is 5.10 Å². The van der Waals surface area contributed by atoms with Gasteiger partial charge in [0.2, 0.25) is 0 Å². The Balaban J connectivity index is 1.48. The number of carbonyl (C=O) groups is 1. The van der Waals surface area contributed by atoms with Crippen LogP contribution in [-0.2, 0) is 16.0 Å². The normalized spacial score (nSPS) is 15.9. The Kier molecular flexibility index (Phi) is 6.43. The van der Waals surface area contributed by atoms with Gasteiger partial charge in [0.05, 0.1) is 20.9 Å². The number of hydrogen-bond donors (Lipinski definition) is 0. The number of hydrogen-bond acceptors (Lipinski definition) is 6. The summed E-state index contributed by atoms with van der Waals surface area (Å²) in [4.78, 5) is 14.4. The fourth-order valence-corrected chi connectivity index (χ4v) is 6.21. The molecule has 0 N–H and O–H groups in total. The summed E-state index contributed by atoms with van der Waals surface area (Å²) in [5.41, 5.74) is 0.0787. The second kappa shape index (κ2) is 9.06. The zero-order chi connectivity index (χ0) is 25.4. The number of benzene rings is 2. The summed E-state index contributed by atoms with van der Waals surface area (Å²) in [6.45, 7) is 3.75. The third-order valence-electron chi connectivity index (χ3n) is 6.64. The van der Waals surface area contributed by atoms with E-state index in [2.05, 4.69) is 15.5 Å². The Morgan fingerprint density at radius 1 is 1.03 bits per heavy atom. The van der Waals surface area contributed by atoms with Crippen LogP contribution in [0.5, 0.6) is 0 Å². The molecular formula is C23H24F3N5O3S. The monoisotopic (exact) mass is 507 g/mol. The summed E-state index contributed by atoms with van der Waals surface area (Å²) in [7, 11) is -4.07. The lowest BCUT2D eigenvalue weighted by molar-refractivity contribution is -0.137. The number of rotatable bonds is 5. The van der Waals surface area contributed by atoms with Crippen LogP contribution in [0.1, 0.15) is 42.6 Å². The molecule has 1 fully saturated rings. The first kappa shape index (κ1) is 24.8. The van der Waals surface area contributed by atoms with Crippen molar-refractivity contribution in [3.05, 3.63) is 66.0 Å². The summed E-state index contributed by atoms with van der Waals surface area (Å²) in [5, 5.41) is 11.0. The van der Waals surface area contributed by atoms with Gasteiger partial charge >= 0.3 is 6.18 Å². The number of amides is 1. The zero-order valence-electron chi connectivity index (χ0n) is 19.1. The van der Waals surface area contributed by atoms with E-state index in [1.54, 1.807) is 43.0 Å². The van der Waals surface area contributed by atoms with Crippen LogP contribution < -0.4 is 0 Å². The third-order valence-corrected chi connectivity index (χ3v) is 9.23. The molecule has 0 aliphatic carbocycles. The molecule has 0 saturated carbocycles. The second-order valence-electron chi connectivity index (χ2n) is 9.00. The van der Waals surface area contributed by atoms with Crippen molar-refractivity contribution < 1.29 is 26.4 Å². The van der Waals surface area contributed by atoms with Gasteiger partial charge in [0.1, 0.15) is 6.33 Å². The second-order valence-corrected chi connectivity index (χ2v) is 11.5. The van der Waals surface area contributed by atoms with E-state index in [0.717, 1.165) is 12.1 Å². The lowest BCUT2D eigenvalue weighted by atomic mass is 9.85. The number of halogens is 3. The van der Waals surface area contributed by atoms with E-state index in [-0.39, 0.29) is 16.7 Å². The summed E-state index contributed by atoms with van der Waals surface area (Å²) < 4.78 is 66.2. The molecule has 4 rings (SSSR count). The average Bonchev–Trinajstić information content (AvgIpc) is 3.38. The highest BCUT2D eigenvalue weighted by Crippen LogP contribution is 2.39. The predicted octanol–water partition coefficient (Wildman–Crippen LogP) is 3.79. The van der Waals surface area contributed by atoms with Gasteiger partial charge in [0, 0.05) is 18.7 Å². The zero-order valence-corrected chi connectivity index (χ0v) is 19.9. The molecule has 0 radical (unpaired) electrons. The lowest BCUT2D eigenvalue weighted by Crippen LogP contribution is -2.47. The van der Waals surface area contributed by atoms with Gasteiger partial charge in [-0.2, -0.15) is 13.2 Å². The van der Waals surface area contributed by atoms with E-state index >= 15 is 0 Å². The van der Waals surface area contributed by atoms with Crippen LogP contribution in [0.2, 0.25) is 0 Å². The quantitative estimate of drug-likeness (QED) is 0.521. The number of carbonyl (C=O) groups excluding carboxylic acids is 1. The van der Waals surface area contributed by atoms with Crippen LogP contribution >= 0.6 is 0 Å². The summed E-state index contributed by atoms with van der Waals surface area (Å²) >= 11 is 0. The highest BCUT2D eigenvalue weighted by atomic mass is 32.2. The minimum Gasteiger partial charge on any atom is -0.339 e. The molecule has 1 amide bonds. The third kappa shape index (κ3) is 4.79. The SMILES string of the molecule is CC(C)(C1CCN(C(=O)c2cccc(-n3cnnn3)c2)CC1)S(=O)(=O)c1cccc(C(F)(F)F)c1. The fraction of sp³-hybridized carbons (Fsp3) is 0.391. The van der Waals surface area contributed by atoms with E-state index in [1.807, 2.05) is 0 Å². The first-order valence-corrected chi connectivity index (χ1v) is 12.4. The van der Waals surface area contributed by atoms with Crippen LogP contribution in [-0.4, -0.2) is 57.3 Å². The first-order chi connectivity index (χ1) is 16.4. The van der Waals surface area contributed by atoms with Crippen LogP contribution in [0, 0.1) is 5.92 Å². The number of aromatic nitrogens is 4. The van der Waals surface area contributed by atoms with E-state index in [0.29, 0.717) is 43.2 Å². The van der Waals surface area contributed by atoms with E-state index in [4.69, 9.17) is 0 Å². The van der Waals surface area contributed by atoms with Crippen LogP contribution in [0.15, 0.2) is 59.8 Å². The van der Waals surface area contributed by atoms with E-state index < -0.39 is 26.3 Å². The van der Waals surface area contributed by atoms with Gasteiger partial charge in [-0.05, 0) is 79.4 Å². The molecule has 0 unspecified atom stereocenters. The summed E-state index contributed by atoms with van der Waals surface area (Å²) in [6, 6.07) is 10.7. The molecule has 2 aromatic carbocycles. The Morgan fingerprint density at radius 2 is 1.71 bits per heavy atom. The Bertz CT molecular complexity index is 1320. The Hall–Kier alpha value is -3.28. The van der Waals surface area contributed by atoms with Crippen molar-refractivity contribution in [3.63, 3.8) is 0 Å². The van der Waals surface area contributed by atoms with E-state index in [9.17, 15) is 26.4 Å². The molecule has 1 aliphatic rings. The van der Waals surface area contributed by atoms with Gasteiger partial charge in [-0.25, -0.2) is 13.1 Å². The first-order valence-electron chi connectivity index (χ1n) is 11.0.